The molecular formula is C16H24N2O. The number of hydrogen-bond donors (Lipinski definition) is 2. The maximum absolute atomic E-state index is 11.8. The summed E-state index contributed by atoms with van der Waals surface area (Å²) in [4.78, 5) is 11.8. The van der Waals surface area contributed by atoms with Crippen LogP contribution >= 0.6 is 0 Å². The van der Waals surface area contributed by atoms with Crippen molar-refractivity contribution in [3.63, 3.8) is 0 Å². The minimum Gasteiger partial charge on any atom is -0.358 e. The molecule has 0 aliphatic heterocycles. The third-order valence-corrected chi connectivity index (χ3v) is 3.78. The van der Waals surface area contributed by atoms with Crippen molar-refractivity contribution >= 4 is 5.91 Å². The van der Waals surface area contributed by atoms with Crippen LogP contribution < -0.4 is 10.6 Å². The van der Waals surface area contributed by atoms with Crippen LogP contribution in [0.2, 0.25) is 0 Å². The second-order valence-corrected chi connectivity index (χ2v) is 5.69. The van der Waals surface area contributed by atoms with Crippen LogP contribution in [0.25, 0.3) is 0 Å². The summed E-state index contributed by atoms with van der Waals surface area (Å²) in [6.45, 7) is 4.91. The number of carbonyl (C=O) groups excluding carboxylic acids is 1. The van der Waals surface area contributed by atoms with Gasteiger partial charge in [0.25, 0.3) is 0 Å². The van der Waals surface area contributed by atoms with Crippen molar-refractivity contribution in [3.05, 3.63) is 35.4 Å². The molecule has 2 N–H and O–H groups in total. The Morgan fingerprint density at radius 3 is 2.58 bits per heavy atom. The van der Waals surface area contributed by atoms with E-state index in [9.17, 15) is 4.79 Å². The Labute approximate surface area is 115 Å². The molecule has 0 aromatic heterocycles. The van der Waals surface area contributed by atoms with Gasteiger partial charge in [0.1, 0.15) is 0 Å². The fraction of sp³-hybridized carbons (Fsp3) is 0.562. The number of rotatable bonds is 6. The number of likely N-dealkylation sites (N-methyl/N-ethyl adjacent to an activating group) is 1. The van der Waals surface area contributed by atoms with E-state index >= 15 is 0 Å². The number of nitrogens with one attached hydrogen (secondary N) is 2. The van der Waals surface area contributed by atoms with E-state index in [2.05, 4.69) is 48.7 Å². The molecule has 0 heterocycles. The van der Waals surface area contributed by atoms with Crippen molar-refractivity contribution in [2.75, 3.05) is 7.05 Å². The van der Waals surface area contributed by atoms with E-state index < -0.39 is 0 Å². The van der Waals surface area contributed by atoms with Gasteiger partial charge in [-0.1, -0.05) is 38.1 Å². The van der Waals surface area contributed by atoms with Gasteiger partial charge in [0, 0.05) is 13.6 Å². The first-order valence-electron chi connectivity index (χ1n) is 7.16. The van der Waals surface area contributed by atoms with Crippen LogP contribution in [0.1, 0.15) is 43.7 Å². The predicted octanol–water partition coefficient (Wildman–Crippen LogP) is 2.42. The molecule has 1 saturated carbocycles. The molecule has 19 heavy (non-hydrogen) atoms. The Kier molecular flexibility index (Phi) is 4.59. The Morgan fingerprint density at radius 2 is 2.00 bits per heavy atom. The van der Waals surface area contributed by atoms with E-state index in [1.54, 1.807) is 7.05 Å². The Bertz CT molecular complexity index is 438. The van der Waals surface area contributed by atoms with Crippen molar-refractivity contribution in [1.82, 2.24) is 10.6 Å². The molecule has 104 valence electrons. The minimum absolute atomic E-state index is 0.0684. The van der Waals surface area contributed by atoms with Crippen LogP contribution in [0.15, 0.2) is 24.3 Å². The summed E-state index contributed by atoms with van der Waals surface area (Å²) < 4.78 is 0. The third-order valence-electron chi connectivity index (χ3n) is 3.78. The molecule has 3 heteroatoms. The highest BCUT2D eigenvalue weighted by molar-refractivity contribution is 5.81. The quantitative estimate of drug-likeness (QED) is 0.825. The van der Waals surface area contributed by atoms with Crippen LogP contribution in [0, 0.1) is 5.92 Å². The third kappa shape index (κ3) is 3.57. The SMILES string of the molecule is CNC(=O)[C@@H](NCc1ccccc1C1CC1)C(C)C. The highest BCUT2D eigenvalue weighted by atomic mass is 16.2. The van der Waals surface area contributed by atoms with E-state index in [0.717, 1.165) is 12.5 Å². The molecule has 1 amide bonds. The van der Waals surface area contributed by atoms with E-state index in [-0.39, 0.29) is 17.9 Å². The molecule has 0 radical (unpaired) electrons. The molecule has 1 aromatic carbocycles. The fourth-order valence-corrected chi connectivity index (χ4v) is 2.49. The topological polar surface area (TPSA) is 41.1 Å². The van der Waals surface area contributed by atoms with Gasteiger partial charge in [-0.2, -0.15) is 0 Å². The van der Waals surface area contributed by atoms with Crippen LogP contribution in [-0.2, 0) is 11.3 Å². The number of carbonyl (C=O) groups is 1. The first kappa shape index (κ1) is 14.1. The zero-order chi connectivity index (χ0) is 13.8. The normalized spacial score (nSPS) is 16.4. The smallest absolute Gasteiger partial charge is 0.237 e. The number of hydrogen-bond acceptors (Lipinski definition) is 2. The van der Waals surface area contributed by atoms with E-state index in [0.29, 0.717) is 0 Å². The maximum atomic E-state index is 11.8. The molecule has 1 atom stereocenters. The lowest BCUT2D eigenvalue weighted by Gasteiger charge is -2.21. The average molecular weight is 260 g/mol. The zero-order valence-corrected chi connectivity index (χ0v) is 12.1. The Morgan fingerprint density at radius 1 is 1.32 bits per heavy atom. The number of benzene rings is 1. The molecule has 0 unspecified atom stereocenters. The molecule has 0 bridgehead atoms. The predicted molar refractivity (Wildman–Crippen MR) is 77.9 cm³/mol. The summed E-state index contributed by atoms with van der Waals surface area (Å²) in [5, 5.41) is 6.13. The average Bonchev–Trinajstić information content (AvgIpc) is 3.23. The zero-order valence-electron chi connectivity index (χ0n) is 12.1. The lowest BCUT2D eigenvalue weighted by Crippen LogP contribution is -2.46. The lowest BCUT2D eigenvalue weighted by molar-refractivity contribution is -0.123. The Balaban J connectivity index is 2.02. The number of amides is 1. The van der Waals surface area contributed by atoms with Crippen molar-refractivity contribution < 1.29 is 4.79 Å². The molecule has 3 nitrogen and oxygen atoms in total. The first-order valence-corrected chi connectivity index (χ1v) is 7.16. The molecule has 0 saturated heterocycles. The van der Waals surface area contributed by atoms with Crippen molar-refractivity contribution in [2.24, 2.45) is 5.92 Å². The second kappa shape index (κ2) is 6.20. The van der Waals surface area contributed by atoms with Crippen LogP contribution in [0.4, 0.5) is 0 Å². The van der Waals surface area contributed by atoms with Gasteiger partial charge in [-0.3, -0.25) is 4.79 Å². The summed E-state index contributed by atoms with van der Waals surface area (Å²) in [6.07, 6.45) is 2.61. The highest BCUT2D eigenvalue weighted by Gasteiger charge is 2.26. The molecule has 1 fully saturated rings. The van der Waals surface area contributed by atoms with Crippen LogP contribution in [0.5, 0.6) is 0 Å². The van der Waals surface area contributed by atoms with Gasteiger partial charge in [-0.15, -0.1) is 0 Å². The summed E-state index contributed by atoms with van der Waals surface area (Å²) in [5.74, 6) is 1.10. The molecule has 2 rings (SSSR count). The molecular weight excluding hydrogens is 236 g/mol. The highest BCUT2D eigenvalue weighted by Crippen LogP contribution is 2.41. The van der Waals surface area contributed by atoms with E-state index in [4.69, 9.17) is 0 Å². The summed E-state index contributed by atoms with van der Waals surface area (Å²) in [5.41, 5.74) is 2.79. The van der Waals surface area contributed by atoms with Gasteiger partial charge in [-0.05, 0) is 35.8 Å². The monoisotopic (exact) mass is 260 g/mol. The maximum Gasteiger partial charge on any atom is 0.237 e. The molecule has 1 aliphatic rings. The van der Waals surface area contributed by atoms with Gasteiger partial charge in [0.2, 0.25) is 5.91 Å². The standard InChI is InChI=1S/C16H24N2O/c1-11(2)15(16(19)17-3)18-10-13-6-4-5-7-14(13)12-8-9-12/h4-7,11-12,15,18H,8-10H2,1-3H3,(H,17,19)/t15-/m0/s1. The van der Waals surface area contributed by atoms with Crippen molar-refractivity contribution in [3.8, 4) is 0 Å². The lowest BCUT2D eigenvalue weighted by atomic mass is 10.0. The van der Waals surface area contributed by atoms with Crippen molar-refractivity contribution in [2.45, 2.75) is 45.2 Å². The van der Waals surface area contributed by atoms with Gasteiger partial charge in [0.05, 0.1) is 6.04 Å². The summed E-state index contributed by atoms with van der Waals surface area (Å²) >= 11 is 0. The minimum atomic E-state index is -0.128. The molecule has 1 aliphatic carbocycles. The van der Waals surface area contributed by atoms with Gasteiger partial charge in [0.15, 0.2) is 0 Å². The first-order chi connectivity index (χ1) is 9.13. The molecule has 0 spiro atoms. The van der Waals surface area contributed by atoms with Gasteiger partial charge >= 0.3 is 0 Å². The van der Waals surface area contributed by atoms with Gasteiger partial charge < -0.3 is 10.6 Å². The summed E-state index contributed by atoms with van der Waals surface area (Å²) in [6, 6.07) is 8.45. The summed E-state index contributed by atoms with van der Waals surface area (Å²) in [7, 11) is 1.69. The molecule has 1 aromatic rings. The van der Waals surface area contributed by atoms with E-state index in [1.165, 1.54) is 24.0 Å². The van der Waals surface area contributed by atoms with Crippen LogP contribution in [0.3, 0.4) is 0 Å². The van der Waals surface area contributed by atoms with E-state index in [1.807, 2.05) is 0 Å². The van der Waals surface area contributed by atoms with Gasteiger partial charge in [-0.25, -0.2) is 0 Å². The second-order valence-electron chi connectivity index (χ2n) is 5.69. The fourth-order valence-electron chi connectivity index (χ4n) is 2.49. The Hall–Kier alpha value is -1.35. The largest absolute Gasteiger partial charge is 0.358 e. The van der Waals surface area contributed by atoms with Crippen molar-refractivity contribution in [1.29, 1.82) is 0 Å². The van der Waals surface area contributed by atoms with Crippen LogP contribution in [-0.4, -0.2) is 19.0 Å².